The molecule has 0 spiro atoms. The number of primary amides is 1. The van der Waals surface area contributed by atoms with Crippen molar-refractivity contribution in [1.82, 2.24) is 15.5 Å². The maximum atomic E-state index is 13.3. The number of nitrogens with zero attached hydrogens (tertiary/aromatic N) is 2. The Morgan fingerprint density at radius 3 is 2.56 bits per heavy atom. The van der Waals surface area contributed by atoms with Gasteiger partial charge in [0.2, 0.25) is 11.8 Å². The highest BCUT2D eigenvalue weighted by Gasteiger charge is 2.49. The van der Waals surface area contributed by atoms with Gasteiger partial charge < -0.3 is 21.3 Å². The minimum atomic E-state index is -1.67. The van der Waals surface area contributed by atoms with Crippen molar-refractivity contribution in [3.05, 3.63) is 64.4 Å². The Kier molecular flexibility index (Phi) is 7.32. The summed E-state index contributed by atoms with van der Waals surface area (Å²) in [5.41, 5.74) is 4.80. The van der Waals surface area contributed by atoms with E-state index in [-0.39, 0.29) is 35.4 Å². The Hall–Kier alpha value is -3.83. The number of nitrogens with one attached hydrogen (secondary N) is 3. The third-order valence-corrected chi connectivity index (χ3v) is 6.42. The molecule has 10 nitrogen and oxygen atoms in total. The van der Waals surface area contributed by atoms with Gasteiger partial charge in [0.15, 0.2) is 5.54 Å². The topological polar surface area (TPSA) is 146 Å². The van der Waals surface area contributed by atoms with E-state index in [0.717, 1.165) is 18.6 Å². The SMILES string of the molecule is NC(=O)C1(c2ccc(NC(=O)c3ccc(F)cc3Cl)cc2)NCN=C1C(=O)NCCN1CCCC1=O. The molecule has 1 fully saturated rings. The minimum Gasteiger partial charge on any atom is -0.367 e. The van der Waals surface area contributed by atoms with E-state index < -0.39 is 29.1 Å². The Morgan fingerprint density at radius 2 is 1.92 bits per heavy atom. The van der Waals surface area contributed by atoms with E-state index in [0.29, 0.717) is 30.8 Å². The van der Waals surface area contributed by atoms with E-state index >= 15 is 0 Å². The van der Waals surface area contributed by atoms with E-state index in [9.17, 15) is 23.6 Å². The maximum Gasteiger partial charge on any atom is 0.268 e. The van der Waals surface area contributed by atoms with E-state index in [4.69, 9.17) is 17.3 Å². The molecule has 36 heavy (non-hydrogen) atoms. The number of halogens is 2. The van der Waals surface area contributed by atoms with Crippen molar-refractivity contribution in [3.63, 3.8) is 0 Å². The minimum absolute atomic E-state index is 0.00213. The zero-order chi connectivity index (χ0) is 25.9. The highest BCUT2D eigenvalue weighted by Crippen LogP contribution is 2.28. The van der Waals surface area contributed by atoms with Crippen LogP contribution in [0.5, 0.6) is 0 Å². The molecule has 1 atom stereocenters. The predicted molar refractivity (Wildman–Crippen MR) is 131 cm³/mol. The first kappa shape index (κ1) is 25.3. The van der Waals surface area contributed by atoms with Crippen molar-refractivity contribution >= 4 is 46.6 Å². The number of benzene rings is 2. The van der Waals surface area contributed by atoms with Crippen molar-refractivity contribution in [3.8, 4) is 0 Å². The third-order valence-electron chi connectivity index (χ3n) is 6.11. The van der Waals surface area contributed by atoms with Gasteiger partial charge in [0.1, 0.15) is 11.5 Å². The molecule has 0 aliphatic carbocycles. The molecule has 0 aromatic heterocycles. The normalized spacial score (nSPS) is 19.2. The Bertz CT molecular complexity index is 1250. The molecule has 2 aromatic carbocycles. The zero-order valence-corrected chi connectivity index (χ0v) is 19.9. The molecule has 0 bridgehead atoms. The van der Waals surface area contributed by atoms with Gasteiger partial charge in [0, 0.05) is 31.7 Å². The monoisotopic (exact) mass is 514 g/mol. The van der Waals surface area contributed by atoms with Crippen LogP contribution in [0, 0.1) is 5.82 Å². The molecule has 0 radical (unpaired) electrons. The summed E-state index contributed by atoms with van der Waals surface area (Å²) in [5, 5.41) is 8.23. The fraction of sp³-hybridized carbons (Fsp3) is 0.292. The van der Waals surface area contributed by atoms with Crippen LogP contribution in [-0.4, -0.2) is 60.5 Å². The number of hydrogen-bond acceptors (Lipinski definition) is 6. The fourth-order valence-corrected chi connectivity index (χ4v) is 4.52. The van der Waals surface area contributed by atoms with Crippen LogP contribution in [0.3, 0.4) is 0 Å². The summed E-state index contributed by atoms with van der Waals surface area (Å²) in [6.07, 6.45) is 1.30. The van der Waals surface area contributed by atoms with Crippen molar-refractivity contribution in [2.75, 3.05) is 31.6 Å². The molecule has 12 heteroatoms. The molecule has 5 N–H and O–H groups in total. The molecule has 4 rings (SSSR count). The van der Waals surface area contributed by atoms with Gasteiger partial charge in [-0.2, -0.15) is 0 Å². The third kappa shape index (κ3) is 4.93. The summed E-state index contributed by atoms with van der Waals surface area (Å²) in [5.74, 6) is -2.46. The average molecular weight is 515 g/mol. The predicted octanol–water partition coefficient (Wildman–Crippen LogP) is 1.15. The van der Waals surface area contributed by atoms with Gasteiger partial charge in [-0.1, -0.05) is 23.7 Å². The van der Waals surface area contributed by atoms with E-state index in [2.05, 4.69) is 20.9 Å². The quantitative estimate of drug-likeness (QED) is 0.417. The summed E-state index contributed by atoms with van der Waals surface area (Å²) < 4.78 is 13.3. The number of anilines is 1. The van der Waals surface area contributed by atoms with Crippen LogP contribution in [0.2, 0.25) is 5.02 Å². The number of hydrogen-bond donors (Lipinski definition) is 4. The van der Waals surface area contributed by atoms with Gasteiger partial charge in [-0.25, -0.2) is 4.39 Å². The molecule has 1 unspecified atom stereocenters. The maximum absolute atomic E-state index is 13.3. The smallest absolute Gasteiger partial charge is 0.268 e. The molecule has 0 saturated carbocycles. The van der Waals surface area contributed by atoms with E-state index in [1.807, 2.05) is 0 Å². The largest absolute Gasteiger partial charge is 0.367 e. The van der Waals surface area contributed by atoms with Crippen molar-refractivity contribution < 1.29 is 23.6 Å². The number of likely N-dealkylation sites (tertiary alicyclic amines) is 1. The lowest BCUT2D eigenvalue weighted by molar-refractivity contribution is -0.128. The number of nitrogens with two attached hydrogens (primary N) is 1. The van der Waals surface area contributed by atoms with Gasteiger partial charge in [-0.05, 0) is 42.3 Å². The number of rotatable bonds is 8. The fourth-order valence-electron chi connectivity index (χ4n) is 4.27. The molecule has 2 heterocycles. The van der Waals surface area contributed by atoms with Crippen LogP contribution < -0.4 is 21.7 Å². The molecule has 1 saturated heterocycles. The molecule has 2 aliphatic heterocycles. The number of aliphatic imine (C=N–C) groups is 1. The van der Waals surface area contributed by atoms with Crippen LogP contribution in [0.25, 0.3) is 0 Å². The highest BCUT2D eigenvalue weighted by atomic mass is 35.5. The standard InChI is InChI=1S/C24H24ClFN6O4/c25-18-12-15(26)5-8-17(18)21(34)31-16-6-3-14(4-7-16)24(23(27)36)20(29-13-30-24)22(35)28-9-11-32-10-1-2-19(32)33/h3-8,12,30H,1-2,9-11,13H2,(H2,27,36)(H,28,35)(H,31,34). The first-order valence-corrected chi connectivity index (χ1v) is 11.6. The second-order valence-electron chi connectivity index (χ2n) is 8.35. The summed E-state index contributed by atoms with van der Waals surface area (Å²) >= 11 is 5.95. The number of carbonyl (C=O) groups excluding carboxylic acids is 4. The highest BCUT2D eigenvalue weighted by molar-refractivity contribution is 6.47. The van der Waals surface area contributed by atoms with E-state index in [1.54, 1.807) is 4.90 Å². The van der Waals surface area contributed by atoms with Gasteiger partial charge in [-0.3, -0.25) is 29.5 Å². The molecular formula is C24H24ClFN6O4. The lowest BCUT2D eigenvalue weighted by Crippen LogP contribution is -2.58. The number of amides is 4. The average Bonchev–Trinajstić information content (AvgIpc) is 3.46. The lowest BCUT2D eigenvalue weighted by atomic mass is 9.84. The summed E-state index contributed by atoms with van der Waals surface area (Å²) in [4.78, 5) is 55.7. The first-order chi connectivity index (χ1) is 17.2. The van der Waals surface area contributed by atoms with Crippen molar-refractivity contribution in [2.24, 2.45) is 10.7 Å². The van der Waals surface area contributed by atoms with Gasteiger partial charge in [-0.15, -0.1) is 0 Å². The molecule has 2 aliphatic rings. The summed E-state index contributed by atoms with van der Waals surface area (Å²) in [6, 6.07) is 9.58. The van der Waals surface area contributed by atoms with Crippen LogP contribution >= 0.6 is 11.6 Å². The first-order valence-electron chi connectivity index (χ1n) is 11.2. The van der Waals surface area contributed by atoms with Crippen LogP contribution in [-0.2, 0) is 19.9 Å². The van der Waals surface area contributed by atoms with Crippen LogP contribution in [0.15, 0.2) is 47.5 Å². The summed E-state index contributed by atoms with van der Waals surface area (Å²) in [6.45, 7) is 1.22. The number of carbonyl (C=O) groups is 4. The van der Waals surface area contributed by atoms with Crippen molar-refractivity contribution in [1.29, 1.82) is 0 Å². The molecule has 2 aromatic rings. The van der Waals surface area contributed by atoms with Crippen LogP contribution in [0.1, 0.15) is 28.8 Å². The summed E-state index contributed by atoms with van der Waals surface area (Å²) in [7, 11) is 0. The molecule has 188 valence electrons. The van der Waals surface area contributed by atoms with E-state index in [1.165, 1.54) is 30.3 Å². The van der Waals surface area contributed by atoms with Gasteiger partial charge in [0.05, 0.1) is 17.3 Å². The van der Waals surface area contributed by atoms with Crippen molar-refractivity contribution in [2.45, 2.75) is 18.4 Å². The van der Waals surface area contributed by atoms with Gasteiger partial charge in [0.25, 0.3) is 11.8 Å². The molecular weight excluding hydrogens is 491 g/mol. The Morgan fingerprint density at radius 1 is 1.17 bits per heavy atom. The Labute approximate surface area is 211 Å². The second-order valence-corrected chi connectivity index (χ2v) is 8.76. The Balaban J connectivity index is 1.47. The zero-order valence-electron chi connectivity index (χ0n) is 19.1. The molecule has 4 amide bonds. The lowest BCUT2D eigenvalue weighted by Gasteiger charge is -2.28. The van der Waals surface area contributed by atoms with Crippen LogP contribution in [0.4, 0.5) is 10.1 Å². The van der Waals surface area contributed by atoms with Gasteiger partial charge >= 0.3 is 0 Å². The second kappa shape index (κ2) is 10.4.